The third kappa shape index (κ3) is 6.14. The van der Waals surface area contributed by atoms with E-state index in [-0.39, 0.29) is 24.1 Å². The van der Waals surface area contributed by atoms with Crippen LogP contribution >= 0.6 is 0 Å². The number of hydrogen-bond acceptors (Lipinski definition) is 4. The van der Waals surface area contributed by atoms with Gasteiger partial charge in [0, 0.05) is 30.0 Å². The number of carboxylic acids is 1. The Kier molecular flexibility index (Phi) is 8.83. The van der Waals surface area contributed by atoms with E-state index in [9.17, 15) is 27.9 Å². The SMILES string of the molecule is COc1cc(C(F)(F)F)ccc1CN[C@@H]1[C@@H](C(C)(C)C)[C@H](C(=O)O)N(C(=O)C2CCCCC2)[C@@H]1c1ccccc1. The summed E-state index contributed by atoms with van der Waals surface area (Å²) >= 11 is 0. The van der Waals surface area contributed by atoms with Crippen LogP contribution in [-0.4, -0.2) is 41.1 Å². The predicted molar refractivity (Wildman–Crippen MR) is 146 cm³/mol. The average Bonchev–Trinajstić information content (AvgIpc) is 3.28. The molecule has 2 aromatic rings. The second-order valence-electron chi connectivity index (χ2n) is 12.0. The van der Waals surface area contributed by atoms with Crippen molar-refractivity contribution in [3.05, 3.63) is 65.2 Å². The number of carbonyl (C=O) groups excluding carboxylic acids is 1. The molecule has 2 N–H and O–H groups in total. The summed E-state index contributed by atoms with van der Waals surface area (Å²) in [6.07, 6.45) is -0.0757. The highest BCUT2D eigenvalue weighted by atomic mass is 19.4. The van der Waals surface area contributed by atoms with Crippen LogP contribution in [0.25, 0.3) is 0 Å². The Morgan fingerprint density at radius 1 is 1.02 bits per heavy atom. The maximum absolute atomic E-state index is 14.1. The van der Waals surface area contributed by atoms with Crippen molar-refractivity contribution in [3.8, 4) is 5.75 Å². The first-order valence-corrected chi connectivity index (χ1v) is 13.9. The third-order valence-corrected chi connectivity index (χ3v) is 8.41. The van der Waals surface area contributed by atoms with E-state index in [0.717, 1.165) is 49.8 Å². The summed E-state index contributed by atoms with van der Waals surface area (Å²) in [5, 5.41) is 14.1. The molecule has 2 aliphatic rings. The van der Waals surface area contributed by atoms with Crippen molar-refractivity contribution in [2.24, 2.45) is 17.3 Å². The zero-order valence-electron chi connectivity index (χ0n) is 23.5. The lowest BCUT2D eigenvalue weighted by Gasteiger charge is -2.36. The number of carbonyl (C=O) groups is 2. The third-order valence-electron chi connectivity index (χ3n) is 8.41. The Balaban J connectivity index is 1.78. The Hall–Kier alpha value is -3.07. The number of nitrogens with zero attached hydrogens (tertiary/aromatic N) is 1. The first-order chi connectivity index (χ1) is 18.8. The van der Waals surface area contributed by atoms with Crippen molar-refractivity contribution in [1.29, 1.82) is 0 Å². The molecule has 2 fully saturated rings. The molecule has 40 heavy (non-hydrogen) atoms. The maximum atomic E-state index is 14.1. The fraction of sp³-hybridized carbons (Fsp3) is 0.548. The molecule has 1 saturated heterocycles. The standard InChI is InChI=1S/C31H39F3N2O4/c1-30(2,3)24-25(35-18-21-15-16-22(31(32,33)34)17-23(21)40-4)26(19-11-7-5-8-12-19)36(27(24)29(38)39)28(37)20-13-9-6-10-14-20/h5,7-8,11-12,15-17,20,24-27,35H,6,9-10,13-14,18H2,1-4H3,(H,38,39)/t24-,25-,26-,27-/m1/s1. The average molecular weight is 561 g/mol. The molecule has 1 heterocycles. The fourth-order valence-electron chi connectivity index (χ4n) is 6.58. The highest BCUT2D eigenvalue weighted by Gasteiger charge is 2.58. The Morgan fingerprint density at radius 3 is 2.23 bits per heavy atom. The molecule has 0 spiro atoms. The number of aliphatic carboxylic acids is 1. The lowest BCUT2D eigenvalue weighted by Crippen LogP contribution is -2.49. The number of halogens is 3. The van der Waals surface area contributed by atoms with Gasteiger partial charge in [0.25, 0.3) is 0 Å². The lowest BCUT2D eigenvalue weighted by molar-refractivity contribution is -0.154. The lowest BCUT2D eigenvalue weighted by atomic mass is 9.72. The quantitative estimate of drug-likeness (QED) is 0.407. The summed E-state index contributed by atoms with van der Waals surface area (Å²) < 4.78 is 45.2. The highest BCUT2D eigenvalue weighted by molar-refractivity contribution is 5.87. The molecule has 9 heteroatoms. The topological polar surface area (TPSA) is 78.9 Å². The fourth-order valence-corrected chi connectivity index (χ4v) is 6.58. The van der Waals surface area contributed by atoms with E-state index in [2.05, 4.69) is 5.32 Å². The monoisotopic (exact) mass is 560 g/mol. The van der Waals surface area contributed by atoms with Crippen molar-refractivity contribution in [3.63, 3.8) is 0 Å². The van der Waals surface area contributed by atoms with Gasteiger partial charge in [-0.25, -0.2) is 4.79 Å². The molecule has 1 saturated carbocycles. The van der Waals surface area contributed by atoms with Gasteiger partial charge in [-0.3, -0.25) is 4.79 Å². The van der Waals surface area contributed by atoms with Crippen molar-refractivity contribution in [1.82, 2.24) is 10.2 Å². The number of carboxylic acid groups (broad SMARTS) is 1. The van der Waals surface area contributed by atoms with E-state index in [1.165, 1.54) is 13.2 Å². The van der Waals surface area contributed by atoms with Crippen molar-refractivity contribution < 1.29 is 32.6 Å². The minimum atomic E-state index is -4.50. The second-order valence-corrected chi connectivity index (χ2v) is 12.0. The van der Waals surface area contributed by atoms with Crippen LogP contribution in [0.1, 0.15) is 75.6 Å². The van der Waals surface area contributed by atoms with Crippen LogP contribution in [0.5, 0.6) is 5.75 Å². The molecule has 4 atom stereocenters. The Bertz CT molecular complexity index is 1190. The van der Waals surface area contributed by atoms with Crippen LogP contribution in [0.15, 0.2) is 48.5 Å². The van der Waals surface area contributed by atoms with Gasteiger partial charge < -0.3 is 20.1 Å². The molecule has 1 aliphatic carbocycles. The predicted octanol–water partition coefficient (Wildman–Crippen LogP) is 6.45. The molecule has 0 radical (unpaired) electrons. The summed E-state index contributed by atoms with van der Waals surface area (Å²) in [5.41, 5.74) is 0.0129. The minimum Gasteiger partial charge on any atom is -0.496 e. The first kappa shape index (κ1) is 29.9. The number of rotatable bonds is 7. The Morgan fingerprint density at radius 2 is 1.68 bits per heavy atom. The first-order valence-electron chi connectivity index (χ1n) is 13.9. The zero-order valence-corrected chi connectivity index (χ0v) is 23.5. The molecule has 0 aromatic heterocycles. The van der Waals surface area contributed by atoms with Crippen LogP contribution in [0.3, 0.4) is 0 Å². The number of nitrogens with one attached hydrogen (secondary N) is 1. The summed E-state index contributed by atoms with van der Waals surface area (Å²) in [4.78, 5) is 28.7. The molecule has 1 amide bonds. The molecule has 6 nitrogen and oxygen atoms in total. The van der Waals surface area contributed by atoms with E-state index in [0.29, 0.717) is 5.56 Å². The van der Waals surface area contributed by atoms with Gasteiger partial charge in [0.2, 0.25) is 5.91 Å². The number of alkyl halides is 3. The van der Waals surface area contributed by atoms with E-state index >= 15 is 0 Å². The molecule has 0 unspecified atom stereocenters. The zero-order chi connectivity index (χ0) is 29.2. The van der Waals surface area contributed by atoms with Gasteiger partial charge in [-0.2, -0.15) is 13.2 Å². The number of likely N-dealkylation sites (tertiary alicyclic amines) is 1. The van der Waals surface area contributed by atoms with Crippen molar-refractivity contribution >= 4 is 11.9 Å². The van der Waals surface area contributed by atoms with Gasteiger partial charge in [0.15, 0.2) is 0 Å². The Labute approximate surface area is 233 Å². The summed E-state index contributed by atoms with van der Waals surface area (Å²) in [6, 6.07) is 10.7. The molecule has 0 bridgehead atoms. The van der Waals surface area contributed by atoms with E-state index in [1.54, 1.807) is 4.90 Å². The smallest absolute Gasteiger partial charge is 0.416 e. The van der Waals surface area contributed by atoms with Gasteiger partial charge in [-0.05, 0) is 36.0 Å². The van der Waals surface area contributed by atoms with Crippen molar-refractivity contribution in [2.45, 2.75) is 83.7 Å². The molecule has 2 aromatic carbocycles. The molecule has 218 valence electrons. The minimum absolute atomic E-state index is 0.0915. The molecular weight excluding hydrogens is 521 g/mol. The van der Waals surface area contributed by atoms with Crippen LogP contribution in [-0.2, 0) is 22.3 Å². The van der Waals surface area contributed by atoms with E-state index in [1.807, 2.05) is 51.1 Å². The van der Waals surface area contributed by atoms with Crippen LogP contribution in [0.2, 0.25) is 0 Å². The normalized spacial score (nSPS) is 24.2. The summed E-state index contributed by atoms with van der Waals surface area (Å²) in [5.74, 6) is -1.80. The number of benzene rings is 2. The van der Waals surface area contributed by atoms with Crippen molar-refractivity contribution in [2.75, 3.05) is 7.11 Å². The van der Waals surface area contributed by atoms with Gasteiger partial charge in [-0.15, -0.1) is 0 Å². The number of methoxy groups -OCH3 is 1. The van der Waals surface area contributed by atoms with Crippen LogP contribution < -0.4 is 10.1 Å². The highest BCUT2D eigenvalue weighted by Crippen LogP contribution is 2.49. The van der Waals surface area contributed by atoms with Gasteiger partial charge >= 0.3 is 12.1 Å². The van der Waals surface area contributed by atoms with E-state index < -0.39 is 47.2 Å². The number of hydrogen-bond donors (Lipinski definition) is 2. The molecule has 4 rings (SSSR count). The second kappa shape index (κ2) is 11.8. The van der Waals surface area contributed by atoms with Crippen LogP contribution in [0.4, 0.5) is 13.2 Å². The largest absolute Gasteiger partial charge is 0.496 e. The maximum Gasteiger partial charge on any atom is 0.416 e. The van der Waals surface area contributed by atoms with E-state index in [4.69, 9.17) is 4.74 Å². The molecule has 1 aliphatic heterocycles. The van der Waals surface area contributed by atoms with Gasteiger partial charge in [0.1, 0.15) is 11.8 Å². The van der Waals surface area contributed by atoms with Crippen LogP contribution in [0, 0.1) is 17.3 Å². The van der Waals surface area contributed by atoms with Gasteiger partial charge in [0.05, 0.1) is 18.7 Å². The molecular formula is C31H39F3N2O4. The number of amides is 1. The van der Waals surface area contributed by atoms with Gasteiger partial charge in [-0.1, -0.05) is 76.4 Å². The summed E-state index contributed by atoms with van der Waals surface area (Å²) in [6.45, 7) is 6.05. The number of ether oxygens (including phenoxy) is 1. The summed E-state index contributed by atoms with van der Waals surface area (Å²) in [7, 11) is 1.32.